The number of aliphatic carboxylic acids is 1. The molecule has 0 heterocycles. The summed E-state index contributed by atoms with van der Waals surface area (Å²) in [5.41, 5.74) is 5.50. The highest BCUT2D eigenvalue weighted by Gasteiger charge is 2.14. The van der Waals surface area contributed by atoms with Crippen LogP contribution >= 0.6 is 0 Å². The normalized spacial score (nSPS) is 13.6. The van der Waals surface area contributed by atoms with Crippen LogP contribution in [0, 0.1) is 0 Å². The van der Waals surface area contributed by atoms with Gasteiger partial charge in [0.05, 0.1) is 25.0 Å². The number of carboxylic acid groups (broad SMARTS) is 1. The Balaban J connectivity index is 3.43. The van der Waals surface area contributed by atoms with Crippen molar-refractivity contribution < 1.29 is 9.90 Å². The lowest BCUT2D eigenvalue weighted by Gasteiger charge is -2.04. The Morgan fingerprint density at radius 3 is 2.50 bits per heavy atom. The quantitative estimate of drug-likeness (QED) is 0.559. The first-order valence-electron chi connectivity index (χ1n) is 3.04. The molecule has 1 unspecified atom stereocenters. The van der Waals surface area contributed by atoms with E-state index in [2.05, 4.69) is 12.5 Å². The minimum absolute atomic E-state index is 0.0885. The number of carboxylic acids is 1. The molecule has 0 rings (SSSR count). The van der Waals surface area contributed by atoms with Crippen LogP contribution in [0.2, 0.25) is 0 Å². The molecule has 0 aromatic rings. The van der Waals surface area contributed by atoms with Gasteiger partial charge in [0.1, 0.15) is 5.75 Å². The second-order valence-corrected chi connectivity index (χ2v) is 4.81. The number of rotatable bonds is 4. The van der Waals surface area contributed by atoms with Gasteiger partial charge in [0, 0.05) is 0 Å². The molecule has 0 aliphatic carbocycles. The average Bonchev–Trinajstić information content (AvgIpc) is 1.58. The fourth-order valence-electron chi connectivity index (χ4n) is 0.711. The van der Waals surface area contributed by atoms with Crippen LogP contribution in [-0.4, -0.2) is 35.4 Å². The van der Waals surface area contributed by atoms with E-state index >= 15 is 0 Å². The summed E-state index contributed by atoms with van der Waals surface area (Å²) in [5.74, 6) is 0.00435. The molecule has 0 bridgehead atoms. The zero-order chi connectivity index (χ0) is 8.15. The van der Waals surface area contributed by atoms with Crippen LogP contribution in [0.4, 0.5) is 0 Å². The van der Waals surface area contributed by atoms with Gasteiger partial charge in [-0.2, -0.15) is 0 Å². The van der Waals surface area contributed by atoms with Crippen LogP contribution in [0.1, 0.15) is 6.42 Å². The maximum Gasteiger partial charge on any atom is 0.305 e. The van der Waals surface area contributed by atoms with Crippen molar-refractivity contribution >= 4 is 16.9 Å². The summed E-state index contributed by atoms with van der Waals surface area (Å²) in [5, 5.41) is 8.32. The van der Waals surface area contributed by atoms with Crippen molar-refractivity contribution in [3.63, 3.8) is 0 Å². The van der Waals surface area contributed by atoms with Gasteiger partial charge in [-0.25, -0.2) is 0 Å². The highest BCUT2D eigenvalue weighted by Crippen LogP contribution is 1.93. The second-order valence-electron chi connectivity index (χ2n) is 2.51. The van der Waals surface area contributed by atoms with Gasteiger partial charge in [0.2, 0.25) is 0 Å². The van der Waals surface area contributed by atoms with Crippen molar-refractivity contribution in [1.29, 1.82) is 0 Å². The van der Waals surface area contributed by atoms with Crippen LogP contribution in [0.25, 0.3) is 0 Å². The predicted molar refractivity (Wildman–Crippen MR) is 44.3 cm³/mol. The number of nitrogens with two attached hydrogens (primary N) is 1. The summed E-state index contributed by atoms with van der Waals surface area (Å²) in [6.45, 7) is 0. The van der Waals surface area contributed by atoms with E-state index in [1.807, 2.05) is 0 Å². The van der Waals surface area contributed by atoms with E-state index < -0.39 is 5.97 Å². The van der Waals surface area contributed by atoms with Gasteiger partial charge >= 0.3 is 5.97 Å². The Bertz CT molecular complexity index is 116. The van der Waals surface area contributed by atoms with E-state index in [0.717, 1.165) is 5.75 Å². The van der Waals surface area contributed by atoms with Crippen LogP contribution in [-0.2, 0) is 15.7 Å². The van der Waals surface area contributed by atoms with Crippen molar-refractivity contribution in [2.75, 3.05) is 18.3 Å². The summed E-state index contributed by atoms with van der Waals surface area (Å²) in [6.07, 6.45) is 4.20. The van der Waals surface area contributed by atoms with E-state index in [-0.39, 0.29) is 23.4 Å². The Kier molecular flexibility index (Phi) is 4.47. The molecule has 0 aromatic carbocycles. The minimum Gasteiger partial charge on any atom is -0.481 e. The molecule has 60 valence electrons. The van der Waals surface area contributed by atoms with Crippen LogP contribution < -0.4 is 5.73 Å². The molecule has 0 saturated carbocycles. The first kappa shape index (κ1) is 9.78. The monoisotopic (exact) mass is 164 g/mol. The molecule has 0 saturated heterocycles. The molecule has 3 N–H and O–H groups in total. The molecule has 0 radical (unpaired) electrons. The molecule has 0 aromatic heterocycles. The maximum atomic E-state index is 10.1. The van der Waals surface area contributed by atoms with Crippen LogP contribution in [0.5, 0.6) is 0 Å². The molecule has 3 nitrogen and oxygen atoms in total. The molecule has 0 amide bonds. The molecular weight excluding hydrogens is 150 g/mol. The predicted octanol–water partition coefficient (Wildman–Crippen LogP) is -0.334. The van der Waals surface area contributed by atoms with E-state index in [1.54, 1.807) is 0 Å². The fraction of sp³-hybridized carbons (Fsp3) is 0.833. The van der Waals surface area contributed by atoms with Crippen LogP contribution in [0.15, 0.2) is 0 Å². The van der Waals surface area contributed by atoms with Crippen molar-refractivity contribution in [3.8, 4) is 0 Å². The third-order valence-corrected chi connectivity index (χ3v) is 2.08. The van der Waals surface area contributed by atoms with E-state index in [0.29, 0.717) is 0 Å². The highest BCUT2D eigenvalue weighted by atomic mass is 32.2. The third kappa shape index (κ3) is 5.91. The topological polar surface area (TPSA) is 63.3 Å². The standard InChI is InChI=1S/C6H13NO2S/c1-10(2)4-5(7)3-6(8)9/h5H,3-4,7H2,1-2H3/p+1. The molecular formula is C6H14NO2S+. The first-order chi connectivity index (χ1) is 4.52. The molecule has 0 aliphatic rings. The summed E-state index contributed by atoms with van der Waals surface area (Å²) < 4.78 is 0. The molecule has 0 spiro atoms. The summed E-state index contributed by atoms with van der Waals surface area (Å²) >= 11 is 0. The van der Waals surface area contributed by atoms with Crippen molar-refractivity contribution in [3.05, 3.63) is 0 Å². The summed E-state index contributed by atoms with van der Waals surface area (Å²) in [6, 6.07) is -0.171. The van der Waals surface area contributed by atoms with E-state index in [9.17, 15) is 4.79 Å². The first-order valence-corrected chi connectivity index (χ1v) is 5.25. The fourth-order valence-corrected chi connectivity index (χ4v) is 1.69. The summed E-state index contributed by atoms with van der Waals surface area (Å²) in [7, 11) is 0.250. The van der Waals surface area contributed by atoms with Crippen molar-refractivity contribution in [2.24, 2.45) is 5.73 Å². The molecule has 4 heteroatoms. The maximum absolute atomic E-state index is 10.1. The van der Waals surface area contributed by atoms with Gasteiger partial charge in [-0.05, 0) is 10.9 Å². The van der Waals surface area contributed by atoms with Gasteiger partial charge in [-0.3, -0.25) is 4.79 Å². The number of hydrogen-bond donors (Lipinski definition) is 2. The van der Waals surface area contributed by atoms with E-state index in [4.69, 9.17) is 10.8 Å². The zero-order valence-corrected chi connectivity index (χ0v) is 7.15. The lowest BCUT2D eigenvalue weighted by atomic mass is 10.2. The minimum atomic E-state index is -0.807. The Morgan fingerprint density at radius 2 is 2.20 bits per heavy atom. The molecule has 0 aliphatic heterocycles. The number of carbonyl (C=O) groups is 1. The molecule has 0 fully saturated rings. The van der Waals surface area contributed by atoms with Crippen molar-refractivity contribution in [2.45, 2.75) is 12.5 Å². The number of hydrogen-bond acceptors (Lipinski definition) is 2. The SMILES string of the molecule is C[S+](C)CC(N)CC(=O)O. The summed E-state index contributed by atoms with van der Waals surface area (Å²) in [4.78, 5) is 10.1. The molecule has 10 heavy (non-hydrogen) atoms. The van der Waals surface area contributed by atoms with Gasteiger partial charge < -0.3 is 10.8 Å². The van der Waals surface area contributed by atoms with Crippen LogP contribution in [0.3, 0.4) is 0 Å². The third-order valence-electron chi connectivity index (χ3n) is 0.984. The van der Waals surface area contributed by atoms with Gasteiger partial charge in [-0.1, -0.05) is 0 Å². The largest absolute Gasteiger partial charge is 0.481 e. The van der Waals surface area contributed by atoms with Gasteiger partial charge in [-0.15, -0.1) is 0 Å². The van der Waals surface area contributed by atoms with Crippen molar-refractivity contribution in [1.82, 2.24) is 0 Å². The zero-order valence-electron chi connectivity index (χ0n) is 6.33. The van der Waals surface area contributed by atoms with E-state index in [1.165, 1.54) is 0 Å². The highest BCUT2D eigenvalue weighted by molar-refractivity contribution is 7.95. The Labute approximate surface area is 64.0 Å². The second kappa shape index (κ2) is 4.57. The molecule has 1 atom stereocenters. The lowest BCUT2D eigenvalue weighted by Crippen LogP contribution is -2.31. The van der Waals surface area contributed by atoms with Gasteiger partial charge in [0.25, 0.3) is 0 Å². The lowest BCUT2D eigenvalue weighted by molar-refractivity contribution is -0.137. The average molecular weight is 164 g/mol. The van der Waals surface area contributed by atoms with Gasteiger partial charge in [0.15, 0.2) is 0 Å². The Hall–Kier alpha value is -0.220. The smallest absolute Gasteiger partial charge is 0.305 e. The Morgan fingerprint density at radius 1 is 1.70 bits per heavy atom.